The van der Waals surface area contributed by atoms with Gasteiger partial charge in [0.25, 0.3) is 6.43 Å². The standard InChI is InChI=1S/C12H9F2NO4/c1-18-9-4-6(11(13)14)2-3-7(9)10-5-8(12(16)17)15-19-10/h2-5,11H,1H3,(H,16,17). The van der Waals surface area contributed by atoms with E-state index in [2.05, 4.69) is 5.16 Å². The van der Waals surface area contributed by atoms with Gasteiger partial charge in [0.15, 0.2) is 11.5 Å². The predicted molar refractivity (Wildman–Crippen MR) is 60.4 cm³/mol. The van der Waals surface area contributed by atoms with Gasteiger partial charge < -0.3 is 14.4 Å². The average molecular weight is 269 g/mol. The Balaban J connectivity index is 2.46. The molecular weight excluding hydrogens is 260 g/mol. The van der Waals surface area contributed by atoms with Gasteiger partial charge in [0.1, 0.15) is 5.75 Å². The van der Waals surface area contributed by atoms with Crippen LogP contribution in [0.1, 0.15) is 22.5 Å². The number of halogens is 2. The zero-order chi connectivity index (χ0) is 14.0. The maximum absolute atomic E-state index is 12.6. The van der Waals surface area contributed by atoms with Crippen LogP contribution in [0.25, 0.3) is 11.3 Å². The molecule has 0 aliphatic heterocycles. The molecule has 0 amide bonds. The summed E-state index contributed by atoms with van der Waals surface area (Å²) in [5, 5.41) is 12.1. The summed E-state index contributed by atoms with van der Waals surface area (Å²) in [6, 6.07) is 4.95. The number of ether oxygens (including phenoxy) is 1. The molecule has 19 heavy (non-hydrogen) atoms. The zero-order valence-corrected chi connectivity index (χ0v) is 9.76. The smallest absolute Gasteiger partial charge is 0.358 e. The maximum atomic E-state index is 12.6. The summed E-state index contributed by atoms with van der Waals surface area (Å²) in [6.45, 7) is 0. The molecule has 0 spiro atoms. The number of carboxylic acid groups (broad SMARTS) is 1. The fourth-order valence-electron chi connectivity index (χ4n) is 1.55. The van der Waals surface area contributed by atoms with Gasteiger partial charge in [-0.15, -0.1) is 0 Å². The van der Waals surface area contributed by atoms with Crippen LogP contribution in [-0.2, 0) is 0 Å². The van der Waals surface area contributed by atoms with Gasteiger partial charge in [-0.1, -0.05) is 11.2 Å². The summed E-state index contributed by atoms with van der Waals surface area (Å²) in [5.74, 6) is -0.945. The highest BCUT2D eigenvalue weighted by Gasteiger charge is 2.17. The van der Waals surface area contributed by atoms with E-state index in [4.69, 9.17) is 14.4 Å². The molecule has 1 heterocycles. The molecule has 100 valence electrons. The lowest BCUT2D eigenvalue weighted by molar-refractivity contribution is 0.0685. The fraction of sp³-hybridized carbons (Fsp3) is 0.167. The van der Waals surface area contributed by atoms with Crippen LogP contribution in [0.2, 0.25) is 0 Å². The van der Waals surface area contributed by atoms with Gasteiger partial charge >= 0.3 is 5.97 Å². The molecule has 7 heteroatoms. The van der Waals surface area contributed by atoms with Crippen molar-refractivity contribution in [2.45, 2.75) is 6.43 Å². The average Bonchev–Trinajstić information content (AvgIpc) is 2.87. The number of carbonyl (C=O) groups is 1. The van der Waals surface area contributed by atoms with Crippen molar-refractivity contribution in [1.82, 2.24) is 5.16 Å². The minimum absolute atomic E-state index is 0.134. The summed E-state index contributed by atoms with van der Waals surface area (Å²) in [5.41, 5.74) is -0.111. The SMILES string of the molecule is COc1cc(C(F)F)ccc1-c1cc(C(=O)O)no1. The number of benzene rings is 1. The number of nitrogens with zero attached hydrogens (tertiary/aromatic N) is 1. The van der Waals surface area contributed by atoms with Crippen LogP contribution in [0.15, 0.2) is 28.8 Å². The molecule has 0 aliphatic carbocycles. The van der Waals surface area contributed by atoms with Crippen molar-refractivity contribution < 1.29 is 27.9 Å². The van der Waals surface area contributed by atoms with Gasteiger partial charge in [-0.05, 0) is 12.1 Å². The van der Waals surface area contributed by atoms with Crippen molar-refractivity contribution in [3.63, 3.8) is 0 Å². The maximum Gasteiger partial charge on any atom is 0.358 e. The van der Waals surface area contributed by atoms with Crippen molar-refractivity contribution in [3.05, 3.63) is 35.5 Å². The molecule has 0 fully saturated rings. The van der Waals surface area contributed by atoms with Crippen LogP contribution in [-0.4, -0.2) is 23.3 Å². The zero-order valence-electron chi connectivity index (χ0n) is 9.76. The van der Waals surface area contributed by atoms with E-state index in [0.29, 0.717) is 5.56 Å². The van der Waals surface area contributed by atoms with E-state index in [1.165, 1.54) is 31.4 Å². The van der Waals surface area contributed by atoms with E-state index in [0.717, 1.165) is 0 Å². The third-order valence-electron chi connectivity index (χ3n) is 2.47. The van der Waals surface area contributed by atoms with E-state index < -0.39 is 12.4 Å². The Morgan fingerprint density at radius 1 is 1.42 bits per heavy atom. The molecule has 0 saturated heterocycles. The summed E-state index contributed by atoms with van der Waals surface area (Å²) in [7, 11) is 1.32. The Labute approximate surface area is 106 Å². The number of alkyl halides is 2. The van der Waals surface area contributed by atoms with Crippen molar-refractivity contribution in [3.8, 4) is 17.1 Å². The van der Waals surface area contributed by atoms with Crippen LogP contribution in [0.4, 0.5) is 8.78 Å². The Hall–Kier alpha value is -2.44. The lowest BCUT2D eigenvalue weighted by Gasteiger charge is -2.07. The van der Waals surface area contributed by atoms with E-state index in [-0.39, 0.29) is 22.8 Å². The number of hydrogen-bond acceptors (Lipinski definition) is 4. The van der Waals surface area contributed by atoms with Crippen molar-refractivity contribution in [2.24, 2.45) is 0 Å². The predicted octanol–water partition coefficient (Wildman–Crippen LogP) is 2.99. The molecule has 2 rings (SSSR count). The molecule has 1 N–H and O–H groups in total. The van der Waals surface area contributed by atoms with Gasteiger partial charge in [0.05, 0.1) is 12.7 Å². The molecule has 0 atom stereocenters. The molecule has 1 aromatic heterocycles. The van der Waals surface area contributed by atoms with E-state index in [9.17, 15) is 13.6 Å². The molecule has 0 bridgehead atoms. The quantitative estimate of drug-likeness (QED) is 0.923. The van der Waals surface area contributed by atoms with Crippen LogP contribution >= 0.6 is 0 Å². The lowest BCUT2D eigenvalue weighted by Crippen LogP contribution is -1.94. The first-order valence-corrected chi connectivity index (χ1v) is 5.19. The number of methoxy groups -OCH3 is 1. The number of carboxylic acids is 1. The van der Waals surface area contributed by atoms with Gasteiger partial charge in [0, 0.05) is 11.6 Å². The minimum Gasteiger partial charge on any atom is -0.496 e. The van der Waals surface area contributed by atoms with E-state index in [1.54, 1.807) is 0 Å². The van der Waals surface area contributed by atoms with Crippen LogP contribution in [0.5, 0.6) is 5.75 Å². The molecule has 2 aromatic rings. The summed E-state index contributed by atoms with van der Waals surface area (Å²) in [6.07, 6.45) is -2.62. The summed E-state index contributed by atoms with van der Waals surface area (Å²) < 4.78 is 35.0. The number of hydrogen-bond donors (Lipinski definition) is 1. The van der Waals surface area contributed by atoms with Gasteiger partial charge in [-0.25, -0.2) is 13.6 Å². The minimum atomic E-state index is -2.62. The Bertz CT molecular complexity index is 610. The second-order valence-corrected chi connectivity index (χ2v) is 3.64. The number of rotatable bonds is 4. The first-order valence-electron chi connectivity index (χ1n) is 5.19. The van der Waals surface area contributed by atoms with Gasteiger partial charge in [0.2, 0.25) is 0 Å². The molecule has 0 saturated carbocycles. The normalized spacial score (nSPS) is 10.7. The highest BCUT2D eigenvalue weighted by Crippen LogP contribution is 2.33. The van der Waals surface area contributed by atoms with Gasteiger partial charge in [-0.3, -0.25) is 0 Å². The highest BCUT2D eigenvalue weighted by atomic mass is 19.3. The van der Waals surface area contributed by atoms with E-state index in [1.807, 2.05) is 0 Å². The van der Waals surface area contributed by atoms with Crippen LogP contribution in [0, 0.1) is 0 Å². The van der Waals surface area contributed by atoms with Crippen molar-refractivity contribution >= 4 is 5.97 Å². The van der Waals surface area contributed by atoms with Crippen molar-refractivity contribution in [2.75, 3.05) is 7.11 Å². The fourth-order valence-corrected chi connectivity index (χ4v) is 1.55. The van der Waals surface area contributed by atoms with Crippen LogP contribution in [0.3, 0.4) is 0 Å². The number of aromatic carboxylic acids is 1. The first kappa shape index (κ1) is 13.0. The molecular formula is C12H9F2NO4. The molecule has 0 radical (unpaired) electrons. The van der Waals surface area contributed by atoms with Crippen LogP contribution < -0.4 is 4.74 Å². The summed E-state index contributed by atoms with van der Waals surface area (Å²) in [4.78, 5) is 10.7. The third kappa shape index (κ3) is 2.54. The monoisotopic (exact) mass is 269 g/mol. The molecule has 5 nitrogen and oxygen atoms in total. The number of aromatic nitrogens is 1. The van der Waals surface area contributed by atoms with Gasteiger partial charge in [-0.2, -0.15) is 0 Å². The lowest BCUT2D eigenvalue weighted by atomic mass is 10.1. The summed E-state index contributed by atoms with van der Waals surface area (Å²) >= 11 is 0. The molecule has 0 unspecified atom stereocenters. The molecule has 1 aromatic carbocycles. The Kier molecular flexibility index (Phi) is 3.46. The largest absolute Gasteiger partial charge is 0.496 e. The third-order valence-corrected chi connectivity index (χ3v) is 2.47. The Morgan fingerprint density at radius 2 is 2.16 bits per heavy atom. The topological polar surface area (TPSA) is 72.6 Å². The van der Waals surface area contributed by atoms with E-state index >= 15 is 0 Å². The Morgan fingerprint density at radius 3 is 2.68 bits per heavy atom. The first-order chi connectivity index (χ1) is 9.02. The van der Waals surface area contributed by atoms with Crippen molar-refractivity contribution in [1.29, 1.82) is 0 Å². The molecule has 0 aliphatic rings. The highest BCUT2D eigenvalue weighted by molar-refractivity contribution is 5.86. The second-order valence-electron chi connectivity index (χ2n) is 3.64. The second kappa shape index (κ2) is 5.05.